The lowest BCUT2D eigenvalue weighted by atomic mass is 10.0. The van der Waals surface area contributed by atoms with E-state index in [0.29, 0.717) is 6.61 Å². The smallest absolute Gasteiger partial charge is 0.130 e. The van der Waals surface area contributed by atoms with E-state index in [4.69, 9.17) is 9.47 Å². The molecule has 0 radical (unpaired) electrons. The summed E-state index contributed by atoms with van der Waals surface area (Å²) in [7, 11) is 6.52. The monoisotopic (exact) mass is 329 g/mol. The van der Waals surface area contributed by atoms with Gasteiger partial charge in [0.1, 0.15) is 12.6 Å². The number of likely N-dealkylation sites (N-methyl/N-ethyl adjacent to an activating group) is 1. The van der Waals surface area contributed by atoms with Crippen molar-refractivity contribution in [2.75, 3.05) is 34.3 Å². The molecule has 92 valence electrons. The van der Waals surface area contributed by atoms with Crippen LogP contribution >= 0.6 is 0 Å². The maximum atomic E-state index is 5.94. The summed E-state index contributed by atoms with van der Waals surface area (Å²) in [4.78, 5) is 0. The number of quaternary nitrogens is 1. The molecule has 1 rings (SSSR count). The zero-order chi connectivity index (χ0) is 11.0. The van der Waals surface area contributed by atoms with Crippen molar-refractivity contribution in [3.63, 3.8) is 0 Å². The number of halogens is 1. The van der Waals surface area contributed by atoms with Crippen LogP contribution in [0.2, 0.25) is 0 Å². The van der Waals surface area contributed by atoms with Crippen LogP contribution in [0.5, 0.6) is 0 Å². The lowest BCUT2D eigenvalue weighted by Crippen LogP contribution is -3.00. The van der Waals surface area contributed by atoms with Gasteiger partial charge in [0, 0.05) is 0 Å². The van der Waals surface area contributed by atoms with Gasteiger partial charge in [-0.15, -0.1) is 0 Å². The molecule has 2 atom stereocenters. The minimum absolute atomic E-state index is 0. The van der Waals surface area contributed by atoms with Crippen LogP contribution in [0.1, 0.15) is 20.8 Å². The van der Waals surface area contributed by atoms with Gasteiger partial charge in [-0.25, -0.2) is 0 Å². The van der Waals surface area contributed by atoms with Gasteiger partial charge in [0.2, 0.25) is 0 Å². The van der Waals surface area contributed by atoms with Gasteiger partial charge < -0.3 is 37.9 Å². The van der Waals surface area contributed by atoms with Crippen LogP contribution in [-0.4, -0.2) is 56.6 Å². The molecule has 4 heteroatoms. The first-order valence-electron chi connectivity index (χ1n) is 5.30. The highest BCUT2D eigenvalue weighted by atomic mass is 127. The van der Waals surface area contributed by atoms with Gasteiger partial charge in [0.05, 0.1) is 39.5 Å². The third-order valence-electron chi connectivity index (χ3n) is 2.77. The molecule has 0 aromatic carbocycles. The molecule has 0 aliphatic carbocycles. The quantitative estimate of drug-likeness (QED) is 0.443. The van der Waals surface area contributed by atoms with Crippen LogP contribution in [0.3, 0.4) is 0 Å². The highest BCUT2D eigenvalue weighted by Crippen LogP contribution is 2.25. The minimum atomic E-state index is -0.138. The summed E-state index contributed by atoms with van der Waals surface area (Å²) in [5.74, 6) is 0. The summed E-state index contributed by atoms with van der Waals surface area (Å²) in [6, 6.07) is 0. The Bertz CT molecular complexity index is 201. The molecule has 1 fully saturated rings. The Balaban J connectivity index is 0.00000196. The summed E-state index contributed by atoms with van der Waals surface area (Å²) in [6.45, 7) is 7.97. The third-order valence-corrected chi connectivity index (χ3v) is 2.77. The van der Waals surface area contributed by atoms with Gasteiger partial charge in [-0.05, 0) is 20.8 Å². The zero-order valence-corrected chi connectivity index (χ0v) is 12.9. The Morgan fingerprint density at radius 1 is 1.27 bits per heavy atom. The maximum Gasteiger partial charge on any atom is 0.130 e. The van der Waals surface area contributed by atoms with E-state index in [1.165, 1.54) is 0 Å². The highest BCUT2D eigenvalue weighted by Gasteiger charge is 2.37. The molecule has 15 heavy (non-hydrogen) atoms. The predicted molar refractivity (Wildman–Crippen MR) is 57.3 cm³/mol. The average Bonchev–Trinajstić information content (AvgIpc) is 1.95. The Kier molecular flexibility index (Phi) is 5.51. The molecular weight excluding hydrogens is 305 g/mol. The number of ether oxygens (including phenoxy) is 2. The molecule has 3 nitrogen and oxygen atoms in total. The Morgan fingerprint density at radius 2 is 1.80 bits per heavy atom. The van der Waals surface area contributed by atoms with Crippen molar-refractivity contribution in [1.29, 1.82) is 0 Å². The summed E-state index contributed by atoms with van der Waals surface area (Å²) in [5, 5.41) is 0. The first-order valence-corrected chi connectivity index (χ1v) is 5.30. The minimum Gasteiger partial charge on any atom is -1.00 e. The maximum absolute atomic E-state index is 5.94. The van der Waals surface area contributed by atoms with Gasteiger partial charge in [-0.3, -0.25) is 0 Å². The van der Waals surface area contributed by atoms with Gasteiger partial charge in [-0.1, -0.05) is 0 Å². The Morgan fingerprint density at radius 3 is 2.20 bits per heavy atom. The first kappa shape index (κ1) is 15.6. The molecule has 1 aliphatic heterocycles. The molecular formula is C11H24INO2. The van der Waals surface area contributed by atoms with Gasteiger partial charge in [0.15, 0.2) is 0 Å². The van der Waals surface area contributed by atoms with Crippen LogP contribution in [0.25, 0.3) is 0 Å². The molecule has 1 saturated heterocycles. The molecule has 0 amide bonds. The molecule has 0 spiro atoms. The zero-order valence-electron chi connectivity index (χ0n) is 10.7. The first-order chi connectivity index (χ1) is 6.21. The van der Waals surface area contributed by atoms with Crippen LogP contribution in [0.4, 0.5) is 0 Å². The Hall–Kier alpha value is 0.610. The van der Waals surface area contributed by atoms with Gasteiger partial charge in [0.25, 0.3) is 0 Å². The summed E-state index contributed by atoms with van der Waals surface area (Å²) >= 11 is 0. The molecule has 0 aromatic heterocycles. The molecule has 0 aromatic rings. The normalized spacial score (nSPS) is 30.8. The second-order valence-electron chi connectivity index (χ2n) is 5.79. The van der Waals surface area contributed by atoms with E-state index in [0.717, 1.165) is 11.0 Å². The van der Waals surface area contributed by atoms with Crippen molar-refractivity contribution >= 4 is 0 Å². The summed E-state index contributed by atoms with van der Waals surface area (Å²) in [6.07, 6.45) is 0.408. The van der Waals surface area contributed by atoms with E-state index in [-0.39, 0.29) is 41.8 Å². The summed E-state index contributed by atoms with van der Waals surface area (Å²) in [5.41, 5.74) is -0.138. The van der Waals surface area contributed by atoms with E-state index < -0.39 is 0 Å². The third kappa shape index (κ3) is 4.97. The van der Waals surface area contributed by atoms with Crippen LogP contribution < -0.4 is 24.0 Å². The number of hydrogen-bond donors (Lipinski definition) is 0. The second-order valence-corrected chi connectivity index (χ2v) is 5.79. The van der Waals surface area contributed by atoms with E-state index in [1.54, 1.807) is 0 Å². The molecule has 1 aliphatic rings. The van der Waals surface area contributed by atoms with E-state index in [2.05, 4.69) is 41.9 Å². The Labute approximate surface area is 111 Å². The molecule has 0 saturated carbocycles. The molecule has 1 heterocycles. The second kappa shape index (κ2) is 5.29. The molecule has 0 bridgehead atoms. The van der Waals surface area contributed by atoms with Gasteiger partial charge in [-0.2, -0.15) is 0 Å². The lowest BCUT2D eigenvalue weighted by Gasteiger charge is -2.42. The largest absolute Gasteiger partial charge is 1.00 e. The van der Waals surface area contributed by atoms with Crippen LogP contribution in [0.15, 0.2) is 0 Å². The standard InChI is InChI=1S/C11H24NO2.HI/c1-9-11(2,3)13-8-10(14-9)7-12(4,5)6;/h9-10H,7-8H2,1-6H3;1H/q+1;/p-1/t9-,10-;/m1./s1. The fraction of sp³-hybridized carbons (Fsp3) is 1.00. The van der Waals surface area contributed by atoms with Crippen LogP contribution in [-0.2, 0) is 9.47 Å². The molecule has 0 N–H and O–H groups in total. The highest BCUT2D eigenvalue weighted by molar-refractivity contribution is 4.82. The van der Waals surface area contributed by atoms with Crippen molar-refractivity contribution < 1.29 is 37.9 Å². The van der Waals surface area contributed by atoms with E-state index in [1.807, 2.05) is 0 Å². The topological polar surface area (TPSA) is 18.5 Å². The lowest BCUT2D eigenvalue weighted by molar-refractivity contribution is -0.874. The van der Waals surface area contributed by atoms with Crippen molar-refractivity contribution in [2.45, 2.75) is 38.6 Å². The fourth-order valence-electron chi connectivity index (χ4n) is 1.62. The summed E-state index contributed by atoms with van der Waals surface area (Å²) < 4.78 is 12.7. The van der Waals surface area contributed by atoms with Crippen molar-refractivity contribution in [2.24, 2.45) is 0 Å². The fourth-order valence-corrected chi connectivity index (χ4v) is 1.62. The van der Waals surface area contributed by atoms with E-state index >= 15 is 0 Å². The molecule has 0 unspecified atom stereocenters. The van der Waals surface area contributed by atoms with Crippen molar-refractivity contribution in [1.82, 2.24) is 0 Å². The SMILES string of the molecule is C[C@H]1O[C@H](C[N+](C)(C)C)COC1(C)C.[I-]. The van der Waals surface area contributed by atoms with E-state index in [9.17, 15) is 0 Å². The van der Waals surface area contributed by atoms with Crippen molar-refractivity contribution in [3.8, 4) is 0 Å². The number of hydrogen-bond acceptors (Lipinski definition) is 2. The predicted octanol–water partition coefficient (Wildman–Crippen LogP) is -1.72. The average molecular weight is 329 g/mol. The van der Waals surface area contributed by atoms with Crippen molar-refractivity contribution in [3.05, 3.63) is 0 Å². The van der Waals surface area contributed by atoms with Crippen LogP contribution in [0, 0.1) is 0 Å². The number of nitrogens with zero attached hydrogens (tertiary/aromatic N) is 1. The number of rotatable bonds is 2. The van der Waals surface area contributed by atoms with Gasteiger partial charge >= 0.3 is 0 Å².